The van der Waals surface area contributed by atoms with Crippen LogP contribution in [0.15, 0.2) is 71.6 Å². The van der Waals surface area contributed by atoms with E-state index in [0.717, 1.165) is 17.7 Å². The third kappa shape index (κ3) is 5.50. The normalized spacial score (nSPS) is 11.0. The zero-order chi connectivity index (χ0) is 21.7. The molecular weight excluding hydrogens is 438 g/mol. The van der Waals surface area contributed by atoms with Crippen LogP contribution in [0.3, 0.4) is 0 Å². The molecule has 0 saturated heterocycles. The number of thiocarbonyl (C=S) groups is 1. The quantitative estimate of drug-likeness (QED) is 0.405. The Labute approximate surface area is 187 Å². The summed E-state index contributed by atoms with van der Waals surface area (Å²) < 4.78 is 28.7. The number of anilines is 3. The number of hydrogen-bond donors (Lipinski definition) is 3. The molecule has 0 amide bonds. The summed E-state index contributed by atoms with van der Waals surface area (Å²) in [6.45, 7) is 3.91. The minimum Gasteiger partial charge on any atom is -0.332 e. The van der Waals surface area contributed by atoms with E-state index in [1.54, 1.807) is 36.4 Å². The molecule has 0 radical (unpaired) electrons. The molecule has 0 aliphatic rings. The van der Waals surface area contributed by atoms with E-state index in [9.17, 15) is 8.42 Å². The Kier molecular flexibility index (Phi) is 6.97. The molecule has 156 valence electrons. The van der Waals surface area contributed by atoms with Crippen molar-refractivity contribution in [2.45, 2.75) is 25.2 Å². The van der Waals surface area contributed by atoms with Crippen molar-refractivity contribution in [2.24, 2.45) is 0 Å². The summed E-state index contributed by atoms with van der Waals surface area (Å²) >= 11 is 11.5. The third-order valence-electron chi connectivity index (χ3n) is 4.41. The first kappa shape index (κ1) is 22.1. The number of rotatable bonds is 6. The number of halogens is 1. The molecule has 0 saturated carbocycles. The Morgan fingerprint density at radius 1 is 0.967 bits per heavy atom. The van der Waals surface area contributed by atoms with E-state index in [-0.39, 0.29) is 10.0 Å². The van der Waals surface area contributed by atoms with Crippen LogP contribution in [-0.4, -0.2) is 13.5 Å². The number of para-hydroxylation sites is 1. The monoisotopic (exact) mass is 459 g/mol. The van der Waals surface area contributed by atoms with Gasteiger partial charge in [-0.2, -0.15) is 0 Å². The minimum absolute atomic E-state index is 0.0768. The molecule has 3 aromatic rings. The van der Waals surface area contributed by atoms with Crippen molar-refractivity contribution in [2.75, 3.05) is 15.4 Å². The largest absolute Gasteiger partial charge is 0.332 e. The van der Waals surface area contributed by atoms with E-state index in [1.807, 2.05) is 37.3 Å². The standard InChI is InChI=1S/C22H22ClN3O2S2/c1-3-16-9-11-17(12-10-16)24-22(29)25-20-13-8-15(2)14-21(20)30(27,28)26-19-7-5-4-6-18(19)23/h4-14,26H,3H2,1-2H3,(H2,24,25,29). The van der Waals surface area contributed by atoms with Gasteiger partial charge >= 0.3 is 0 Å². The zero-order valence-electron chi connectivity index (χ0n) is 16.6. The Hall–Kier alpha value is -2.61. The third-order valence-corrected chi connectivity index (χ3v) is 6.35. The van der Waals surface area contributed by atoms with Crippen molar-refractivity contribution < 1.29 is 8.42 Å². The van der Waals surface area contributed by atoms with Gasteiger partial charge in [0.15, 0.2) is 5.11 Å². The fraction of sp³-hybridized carbons (Fsp3) is 0.136. The molecule has 0 aliphatic heterocycles. The predicted molar refractivity (Wildman–Crippen MR) is 129 cm³/mol. The highest BCUT2D eigenvalue weighted by atomic mass is 35.5. The van der Waals surface area contributed by atoms with Gasteiger partial charge in [0.2, 0.25) is 0 Å². The van der Waals surface area contributed by atoms with Gasteiger partial charge < -0.3 is 10.6 Å². The molecular formula is C22H22ClN3O2S2. The van der Waals surface area contributed by atoms with Gasteiger partial charge in [-0.05, 0) is 73.1 Å². The first-order valence-electron chi connectivity index (χ1n) is 9.33. The molecule has 3 aromatic carbocycles. The molecule has 0 bridgehead atoms. The number of aryl methyl sites for hydroxylation is 2. The molecule has 30 heavy (non-hydrogen) atoms. The van der Waals surface area contributed by atoms with E-state index in [2.05, 4.69) is 22.3 Å². The summed E-state index contributed by atoms with van der Waals surface area (Å²) in [7, 11) is -3.90. The first-order chi connectivity index (χ1) is 14.3. The van der Waals surface area contributed by atoms with Crippen molar-refractivity contribution in [3.63, 3.8) is 0 Å². The molecule has 0 aliphatic carbocycles. The lowest BCUT2D eigenvalue weighted by atomic mass is 10.1. The smallest absolute Gasteiger partial charge is 0.264 e. The number of hydrogen-bond acceptors (Lipinski definition) is 3. The second-order valence-corrected chi connectivity index (χ2v) is 9.18. The summed E-state index contributed by atoms with van der Waals surface area (Å²) in [6, 6.07) is 19.6. The van der Waals surface area contributed by atoms with Gasteiger partial charge in [0.25, 0.3) is 10.0 Å². The molecule has 0 unspecified atom stereocenters. The molecule has 0 heterocycles. The number of sulfonamides is 1. The SMILES string of the molecule is CCc1ccc(NC(=S)Nc2ccc(C)cc2S(=O)(=O)Nc2ccccc2Cl)cc1. The average molecular weight is 460 g/mol. The second-order valence-electron chi connectivity index (χ2n) is 6.71. The van der Waals surface area contributed by atoms with Crippen LogP contribution in [0.5, 0.6) is 0 Å². The van der Waals surface area contributed by atoms with Gasteiger partial charge in [-0.25, -0.2) is 8.42 Å². The van der Waals surface area contributed by atoms with Gasteiger partial charge in [0, 0.05) is 5.69 Å². The lowest BCUT2D eigenvalue weighted by molar-refractivity contribution is 0.601. The van der Waals surface area contributed by atoms with Gasteiger partial charge in [0.1, 0.15) is 4.90 Å². The van der Waals surface area contributed by atoms with Crippen molar-refractivity contribution >= 4 is 56.0 Å². The lowest BCUT2D eigenvalue weighted by Gasteiger charge is -2.16. The molecule has 5 nitrogen and oxygen atoms in total. The van der Waals surface area contributed by atoms with E-state index >= 15 is 0 Å². The highest BCUT2D eigenvalue weighted by molar-refractivity contribution is 7.93. The molecule has 3 N–H and O–H groups in total. The highest BCUT2D eigenvalue weighted by Crippen LogP contribution is 2.28. The fourth-order valence-corrected chi connectivity index (χ4v) is 4.60. The van der Waals surface area contributed by atoms with Gasteiger partial charge in [-0.3, -0.25) is 4.72 Å². The van der Waals surface area contributed by atoms with E-state index in [4.69, 9.17) is 23.8 Å². The van der Waals surface area contributed by atoms with E-state index < -0.39 is 10.0 Å². The van der Waals surface area contributed by atoms with Crippen LogP contribution in [0.1, 0.15) is 18.1 Å². The van der Waals surface area contributed by atoms with Crippen LogP contribution in [0.25, 0.3) is 0 Å². The second kappa shape index (κ2) is 9.47. The Morgan fingerprint density at radius 2 is 1.67 bits per heavy atom. The van der Waals surface area contributed by atoms with Gasteiger partial charge in [0.05, 0.1) is 16.4 Å². The fourth-order valence-electron chi connectivity index (χ4n) is 2.81. The summed E-state index contributed by atoms with van der Waals surface area (Å²) in [4.78, 5) is 0.0768. The van der Waals surface area contributed by atoms with Crippen LogP contribution in [0, 0.1) is 6.92 Å². The van der Waals surface area contributed by atoms with Crippen LogP contribution in [0.2, 0.25) is 5.02 Å². The molecule has 0 atom stereocenters. The van der Waals surface area contributed by atoms with Gasteiger partial charge in [-0.1, -0.05) is 48.9 Å². The lowest BCUT2D eigenvalue weighted by Crippen LogP contribution is -2.22. The maximum atomic E-state index is 13.1. The Bertz CT molecular complexity index is 1160. The minimum atomic E-state index is -3.90. The topological polar surface area (TPSA) is 70.2 Å². The maximum absolute atomic E-state index is 13.1. The number of benzene rings is 3. The van der Waals surface area contributed by atoms with Crippen LogP contribution in [-0.2, 0) is 16.4 Å². The van der Waals surface area contributed by atoms with E-state index in [1.165, 1.54) is 5.56 Å². The average Bonchev–Trinajstić information content (AvgIpc) is 2.71. The van der Waals surface area contributed by atoms with Crippen molar-refractivity contribution in [3.8, 4) is 0 Å². The molecule has 0 fully saturated rings. The molecule has 0 spiro atoms. The van der Waals surface area contributed by atoms with Crippen LogP contribution < -0.4 is 15.4 Å². The first-order valence-corrected chi connectivity index (χ1v) is 11.6. The zero-order valence-corrected chi connectivity index (χ0v) is 19.0. The summed E-state index contributed by atoms with van der Waals surface area (Å²) in [5.74, 6) is 0. The highest BCUT2D eigenvalue weighted by Gasteiger charge is 2.21. The van der Waals surface area contributed by atoms with E-state index in [0.29, 0.717) is 16.4 Å². The maximum Gasteiger partial charge on any atom is 0.264 e. The summed E-state index contributed by atoms with van der Waals surface area (Å²) in [6.07, 6.45) is 0.950. The molecule has 0 aromatic heterocycles. The summed E-state index contributed by atoms with van der Waals surface area (Å²) in [5, 5.41) is 6.67. The van der Waals surface area contributed by atoms with Crippen LogP contribution >= 0.6 is 23.8 Å². The Balaban J connectivity index is 1.83. The van der Waals surface area contributed by atoms with Crippen molar-refractivity contribution in [3.05, 3.63) is 82.9 Å². The van der Waals surface area contributed by atoms with Crippen molar-refractivity contribution in [1.29, 1.82) is 0 Å². The molecule has 3 rings (SSSR count). The van der Waals surface area contributed by atoms with Crippen molar-refractivity contribution in [1.82, 2.24) is 0 Å². The Morgan fingerprint density at radius 3 is 2.33 bits per heavy atom. The summed E-state index contributed by atoms with van der Waals surface area (Å²) in [5.41, 5.74) is 3.51. The number of nitrogens with one attached hydrogen (secondary N) is 3. The van der Waals surface area contributed by atoms with Crippen LogP contribution in [0.4, 0.5) is 17.1 Å². The predicted octanol–water partition coefficient (Wildman–Crippen LogP) is 5.82. The van der Waals surface area contributed by atoms with Gasteiger partial charge in [-0.15, -0.1) is 0 Å². The molecule has 8 heteroatoms.